The lowest BCUT2D eigenvalue weighted by atomic mass is 9.93. The molecule has 0 bridgehead atoms. The minimum absolute atomic E-state index is 0.329. The average molecular weight is 262 g/mol. The third kappa shape index (κ3) is 3.00. The van der Waals surface area contributed by atoms with Crippen molar-refractivity contribution in [1.29, 1.82) is 0 Å². The number of rotatable bonds is 3. The van der Waals surface area contributed by atoms with Crippen LogP contribution < -0.4 is 10.6 Å². The van der Waals surface area contributed by atoms with Gasteiger partial charge in [0.1, 0.15) is 0 Å². The maximum atomic E-state index is 11.9. The monoisotopic (exact) mass is 262 g/mol. The zero-order valence-electron chi connectivity index (χ0n) is 11.7. The highest BCUT2D eigenvalue weighted by Crippen LogP contribution is 2.29. The van der Waals surface area contributed by atoms with E-state index in [-0.39, 0.29) is 5.97 Å². The normalized spacial score (nSPS) is 16.1. The molecule has 4 nitrogen and oxygen atoms in total. The van der Waals surface area contributed by atoms with Gasteiger partial charge in [0, 0.05) is 18.8 Å². The number of carbonyl (C=O) groups is 1. The Balaban J connectivity index is 2.29. The summed E-state index contributed by atoms with van der Waals surface area (Å²) >= 11 is 0. The van der Waals surface area contributed by atoms with Crippen LogP contribution in [-0.4, -0.2) is 26.2 Å². The average Bonchev–Trinajstić information content (AvgIpc) is 2.46. The number of methoxy groups -OCH3 is 1. The van der Waals surface area contributed by atoms with Crippen LogP contribution >= 0.6 is 0 Å². The molecule has 0 unspecified atom stereocenters. The summed E-state index contributed by atoms with van der Waals surface area (Å²) in [5.41, 5.74) is 7.82. The van der Waals surface area contributed by atoms with Gasteiger partial charge >= 0.3 is 5.97 Å². The zero-order chi connectivity index (χ0) is 13.8. The quantitative estimate of drug-likeness (QED) is 0.672. The van der Waals surface area contributed by atoms with E-state index in [1.165, 1.54) is 39.2 Å². The van der Waals surface area contributed by atoms with Crippen molar-refractivity contribution in [2.24, 2.45) is 0 Å². The van der Waals surface area contributed by atoms with E-state index in [4.69, 9.17) is 10.5 Å². The molecule has 0 atom stereocenters. The van der Waals surface area contributed by atoms with E-state index in [2.05, 4.69) is 4.90 Å². The molecule has 0 radical (unpaired) electrons. The molecule has 1 aromatic rings. The smallest absolute Gasteiger partial charge is 0.340 e. The van der Waals surface area contributed by atoms with Crippen LogP contribution in [0.4, 0.5) is 11.4 Å². The molecule has 1 saturated carbocycles. The molecule has 0 heterocycles. The summed E-state index contributed by atoms with van der Waals surface area (Å²) in [5.74, 6) is -0.329. The van der Waals surface area contributed by atoms with Gasteiger partial charge in [-0.1, -0.05) is 19.3 Å². The number of benzene rings is 1. The number of ether oxygens (including phenoxy) is 1. The topological polar surface area (TPSA) is 55.6 Å². The second kappa shape index (κ2) is 5.95. The van der Waals surface area contributed by atoms with Crippen molar-refractivity contribution in [2.75, 3.05) is 24.8 Å². The third-order valence-corrected chi connectivity index (χ3v) is 3.93. The zero-order valence-corrected chi connectivity index (χ0v) is 11.7. The van der Waals surface area contributed by atoms with E-state index >= 15 is 0 Å². The maximum absolute atomic E-state index is 11.9. The van der Waals surface area contributed by atoms with Crippen LogP contribution in [0.2, 0.25) is 0 Å². The molecule has 104 valence electrons. The van der Waals surface area contributed by atoms with Gasteiger partial charge in [0.2, 0.25) is 0 Å². The number of nitrogens with zero attached hydrogens (tertiary/aromatic N) is 1. The highest BCUT2D eigenvalue weighted by molar-refractivity contribution is 5.97. The van der Waals surface area contributed by atoms with Gasteiger partial charge in [0.25, 0.3) is 0 Å². The Morgan fingerprint density at radius 2 is 2.00 bits per heavy atom. The molecule has 2 rings (SSSR count). The first-order chi connectivity index (χ1) is 9.13. The van der Waals surface area contributed by atoms with Gasteiger partial charge in [-0.05, 0) is 31.0 Å². The second-order valence-corrected chi connectivity index (χ2v) is 5.17. The Kier molecular flexibility index (Phi) is 4.30. The molecular formula is C15H22N2O2. The number of carbonyl (C=O) groups excluding carboxylic acids is 1. The largest absolute Gasteiger partial charge is 0.465 e. The van der Waals surface area contributed by atoms with Gasteiger partial charge in [0.15, 0.2) is 0 Å². The van der Waals surface area contributed by atoms with Crippen molar-refractivity contribution in [3.63, 3.8) is 0 Å². The Labute approximate surface area is 114 Å². The van der Waals surface area contributed by atoms with Crippen molar-refractivity contribution >= 4 is 17.3 Å². The lowest BCUT2D eigenvalue weighted by Gasteiger charge is -2.33. The fraction of sp³-hybridized carbons (Fsp3) is 0.533. The number of nitrogens with two attached hydrogens (primary N) is 1. The lowest BCUT2D eigenvalue weighted by Crippen LogP contribution is -2.34. The summed E-state index contributed by atoms with van der Waals surface area (Å²) in [6.45, 7) is 0. The van der Waals surface area contributed by atoms with Gasteiger partial charge < -0.3 is 15.4 Å². The number of anilines is 2. The number of nitrogen functional groups attached to an aromatic ring is 1. The van der Waals surface area contributed by atoms with E-state index < -0.39 is 0 Å². The van der Waals surface area contributed by atoms with Gasteiger partial charge in [-0.25, -0.2) is 4.79 Å². The van der Waals surface area contributed by atoms with E-state index in [1.807, 2.05) is 19.2 Å². The number of hydrogen-bond donors (Lipinski definition) is 1. The number of esters is 1. The predicted molar refractivity (Wildman–Crippen MR) is 77.5 cm³/mol. The van der Waals surface area contributed by atoms with Crippen LogP contribution in [0.15, 0.2) is 18.2 Å². The molecule has 1 fully saturated rings. The van der Waals surface area contributed by atoms with Gasteiger partial charge in [-0.2, -0.15) is 0 Å². The summed E-state index contributed by atoms with van der Waals surface area (Å²) in [7, 11) is 3.45. The van der Waals surface area contributed by atoms with Crippen molar-refractivity contribution in [3.05, 3.63) is 23.8 Å². The first-order valence-corrected chi connectivity index (χ1v) is 6.84. The van der Waals surface area contributed by atoms with Crippen LogP contribution in [0.1, 0.15) is 42.5 Å². The van der Waals surface area contributed by atoms with E-state index in [0.717, 1.165) is 5.69 Å². The first kappa shape index (κ1) is 13.7. The fourth-order valence-corrected chi connectivity index (χ4v) is 2.80. The van der Waals surface area contributed by atoms with E-state index in [9.17, 15) is 4.79 Å². The Bertz CT molecular complexity index is 453. The van der Waals surface area contributed by atoms with Crippen molar-refractivity contribution in [2.45, 2.75) is 38.1 Å². The predicted octanol–water partition coefficient (Wildman–Crippen LogP) is 2.82. The lowest BCUT2D eigenvalue weighted by molar-refractivity contribution is 0.0601. The first-order valence-electron chi connectivity index (χ1n) is 6.84. The van der Waals surface area contributed by atoms with Crippen molar-refractivity contribution in [3.8, 4) is 0 Å². The van der Waals surface area contributed by atoms with Crippen molar-refractivity contribution in [1.82, 2.24) is 0 Å². The summed E-state index contributed by atoms with van der Waals surface area (Å²) in [5, 5.41) is 0. The molecule has 2 N–H and O–H groups in total. The summed E-state index contributed by atoms with van der Waals surface area (Å²) in [6.07, 6.45) is 6.20. The van der Waals surface area contributed by atoms with E-state index in [0.29, 0.717) is 17.3 Å². The molecule has 0 spiro atoms. The van der Waals surface area contributed by atoms with Gasteiger partial charge in [-0.3, -0.25) is 0 Å². The highest BCUT2D eigenvalue weighted by atomic mass is 16.5. The maximum Gasteiger partial charge on any atom is 0.340 e. The summed E-state index contributed by atoms with van der Waals surface area (Å²) in [6, 6.07) is 5.94. The fourth-order valence-electron chi connectivity index (χ4n) is 2.80. The van der Waals surface area contributed by atoms with Crippen LogP contribution in [-0.2, 0) is 4.74 Å². The molecule has 4 heteroatoms. The third-order valence-electron chi connectivity index (χ3n) is 3.93. The second-order valence-electron chi connectivity index (χ2n) is 5.17. The van der Waals surface area contributed by atoms with Crippen LogP contribution in [0.5, 0.6) is 0 Å². The van der Waals surface area contributed by atoms with Gasteiger partial charge in [-0.15, -0.1) is 0 Å². The van der Waals surface area contributed by atoms with Crippen molar-refractivity contribution < 1.29 is 9.53 Å². The van der Waals surface area contributed by atoms with E-state index in [1.54, 1.807) is 6.07 Å². The standard InChI is InChI=1S/C15H22N2O2/c1-17(12-6-4-3-5-7-12)14-9-8-11(16)10-13(14)15(18)19-2/h8-10,12H,3-7,16H2,1-2H3. The van der Waals surface area contributed by atoms with Crippen LogP contribution in [0, 0.1) is 0 Å². The Morgan fingerprint density at radius 1 is 1.32 bits per heavy atom. The molecule has 0 amide bonds. The van der Waals surface area contributed by atoms with Gasteiger partial charge in [0.05, 0.1) is 18.4 Å². The minimum Gasteiger partial charge on any atom is -0.465 e. The molecular weight excluding hydrogens is 240 g/mol. The SMILES string of the molecule is COC(=O)c1cc(N)ccc1N(C)C1CCCCC1. The summed E-state index contributed by atoms with van der Waals surface area (Å²) in [4.78, 5) is 14.1. The molecule has 0 aromatic heterocycles. The van der Waals surface area contributed by atoms with Crippen LogP contribution in [0.3, 0.4) is 0 Å². The Morgan fingerprint density at radius 3 is 2.63 bits per heavy atom. The molecule has 1 aliphatic carbocycles. The molecule has 19 heavy (non-hydrogen) atoms. The Hall–Kier alpha value is -1.71. The molecule has 1 aliphatic rings. The minimum atomic E-state index is -0.329. The molecule has 1 aromatic carbocycles. The summed E-state index contributed by atoms with van der Waals surface area (Å²) < 4.78 is 4.85. The molecule has 0 saturated heterocycles. The highest BCUT2D eigenvalue weighted by Gasteiger charge is 2.22. The number of hydrogen-bond acceptors (Lipinski definition) is 4. The van der Waals surface area contributed by atoms with Crippen LogP contribution in [0.25, 0.3) is 0 Å². The molecule has 0 aliphatic heterocycles.